The van der Waals surface area contributed by atoms with Gasteiger partial charge in [0.2, 0.25) is 0 Å². The minimum Gasteiger partial charge on any atom is -0.475 e. The smallest absolute Gasteiger partial charge is 0.475 e. The summed E-state index contributed by atoms with van der Waals surface area (Å²) in [5.74, 6) is -2.76. The van der Waals surface area contributed by atoms with E-state index in [1.165, 1.54) is 25.9 Å². The molecule has 0 amide bonds. The van der Waals surface area contributed by atoms with E-state index in [4.69, 9.17) is 9.90 Å². The van der Waals surface area contributed by atoms with Crippen molar-refractivity contribution < 1.29 is 23.1 Å². The van der Waals surface area contributed by atoms with Crippen molar-refractivity contribution in [1.29, 1.82) is 0 Å². The first-order chi connectivity index (χ1) is 6.88. The second-order valence-electron chi connectivity index (χ2n) is 3.12. The number of carboxylic acids is 1. The summed E-state index contributed by atoms with van der Waals surface area (Å²) >= 11 is 0. The first-order valence-electron chi connectivity index (χ1n) is 4.56. The summed E-state index contributed by atoms with van der Waals surface area (Å²) in [6.07, 6.45) is -2.51. The number of halogens is 3. The molecule has 0 bridgehead atoms. The number of nitrogens with one attached hydrogen (secondary N) is 2. The molecule has 0 unspecified atom stereocenters. The first-order valence-corrected chi connectivity index (χ1v) is 4.56. The lowest BCUT2D eigenvalue weighted by Crippen LogP contribution is -2.37. The highest BCUT2D eigenvalue weighted by atomic mass is 19.4. The van der Waals surface area contributed by atoms with E-state index in [2.05, 4.69) is 10.6 Å². The molecule has 90 valence electrons. The standard InChI is InChI=1S/C6H14N2.C2HF3O2/c1-7-6-2-4-8-5-3-6;3-2(4,5)1(6)7/h6-8H,2-5H2,1H3;(H,6,7). The van der Waals surface area contributed by atoms with Crippen LogP contribution in [0.1, 0.15) is 12.8 Å². The Morgan fingerprint density at radius 3 is 2.00 bits per heavy atom. The highest BCUT2D eigenvalue weighted by molar-refractivity contribution is 5.73. The van der Waals surface area contributed by atoms with Crippen molar-refractivity contribution in [2.45, 2.75) is 25.1 Å². The molecular formula is C8H15F3N2O2. The molecule has 7 heteroatoms. The third kappa shape index (κ3) is 7.15. The van der Waals surface area contributed by atoms with Gasteiger partial charge in [-0.15, -0.1) is 0 Å². The third-order valence-electron chi connectivity index (χ3n) is 1.99. The van der Waals surface area contributed by atoms with Crippen LogP contribution < -0.4 is 10.6 Å². The van der Waals surface area contributed by atoms with Crippen LogP contribution in [-0.2, 0) is 4.79 Å². The maximum Gasteiger partial charge on any atom is 0.490 e. The van der Waals surface area contributed by atoms with Gasteiger partial charge in [0, 0.05) is 6.04 Å². The molecule has 1 heterocycles. The highest BCUT2D eigenvalue weighted by Gasteiger charge is 2.38. The lowest BCUT2D eigenvalue weighted by Gasteiger charge is -2.21. The Balaban J connectivity index is 0.000000265. The van der Waals surface area contributed by atoms with Gasteiger partial charge in [-0.1, -0.05) is 0 Å². The minimum absolute atomic E-state index is 0.774. The molecule has 0 radical (unpaired) electrons. The molecule has 15 heavy (non-hydrogen) atoms. The van der Waals surface area contributed by atoms with Crippen molar-refractivity contribution in [3.05, 3.63) is 0 Å². The molecule has 4 nitrogen and oxygen atoms in total. The Hall–Kier alpha value is -0.820. The van der Waals surface area contributed by atoms with Gasteiger partial charge in [0.05, 0.1) is 0 Å². The van der Waals surface area contributed by atoms with Gasteiger partial charge in [-0.25, -0.2) is 4.79 Å². The van der Waals surface area contributed by atoms with Crippen LogP contribution in [0.25, 0.3) is 0 Å². The summed E-state index contributed by atoms with van der Waals surface area (Å²) in [5, 5.41) is 13.7. The molecule has 1 rings (SSSR count). The molecule has 1 saturated heterocycles. The van der Waals surface area contributed by atoms with E-state index in [9.17, 15) is 13.2 Å². The van der Waals surface area contributed by atoms with Crippen molar-refractivity contribution in [3.8, 4) is 0 Å². The topological polar surface area (TPSA) is 61.4 Å². The normalized spacial score (nSPS) is 17.9. The van der Waals surface area contributed by atoms with Crippen molar-refractivity contribution in [1.82, 2.24) is 10.6 Å². The number of aliphatic carboxylic acids is 1. The van der Waals surface area contributed by atoms with Crippen LogP contribution in [0.5, 0.6) is 0 Å². The summed E-state index contributed by atoms with van der Waals surface area (Å²) in [5.41, 5.74) is 0. The zero-order valence-electron chi connectivity index (χ0n) is 8.40. The predicted molar refractivity (Wildman–Crippen MR) is 48.6 cm³/mol. The zero-order valence-corrected chi connectivity index (χ0v) is 8.40. The maximum atomic E-state index is 10.6. The average molecular weight is 228 g/mol. The SMILES string of the molecule is CNC1CCNCC1.O=C(O)C(F)(F)F. The van der Waals surface area contributed by atoms with Crippen LogP contribution >= 0.6 is 0 Å². The number of hydrogen-bond donors (Lipinski definition) is 3. The van der Waals surface area contributed by atoms with Gasteiger partial charge in [-0.3, -0.25) is 0 Å². The fourth-order valence-corrected chi connectivity index (χ4v) is 1.11. The Bertz CT molecular complexity index is 191. The van der Waals surface area contributed by atoms with Crippen molar-refractivity contribution >= 4 is 5.97 Å². The summed E-state index contributed by atoms with van der Waals surface area (Å²) < 4.78 is 31.7. The molecule has 0 aliphatic carbocycles. The number of carbonyl (C=O) groups is 1. The summed E-state index contributed by atoms with van der Waals surface area (Å²) in [6, 6.07) is 0.774. The van der Waals surface area contributed by atoms with Crippen molar-refractivity contribution in [2.24, 2.45) is 0 Å². The minimum atomic E-state index is -5.08. The largest absolute Gasteiger partial charge is 0.490 e. The van der Waals surface area contributed by atoms with Crippen molar-refractivity contribution in [2.75, 3.05) is 20.1 Å². The van der Waals surface area contributed by atoms with Gasteiger partial charge < -0.3 is 15.7 Å². The molecule has 3 N–H and O–H groups in total. The first kappa shape index (κ1) is 14.2. The molecule has 1 fully saturated rings. The molecule has 0 aromatic rings. The van der Waals surface area contributed by atoms with E-state index < -0.39 is 12.1 Å². The number of carboxylic acid groups (broad SMARTS) is 1. The van der Waals surface area contributed by atoms with Crippen LogP contribution in [0.3, 0.4) is 0 Å². The number of hydrogen-bond acceptors (Lipinski definition) is 3. The van der Waals surface area contributed by atoms with Crippen LogP contribution in [0, 0.1) is 0 Å². The molecule has 0 aromatic heterocycles. The second kappa shape index (κ2) is 6.62. The lowest BCUT2D eigenvalue weighted by atomic mass is 10.1. The van der Waals surface area contributed by atoms with E-state index in [1.807, 2.05) is 7.05 Å². The van der Waals surface area contributed by atoms with E-state index in [0.717, 1.165) is 6.04 Å². The molecule has 1 aliphatic rings. The van der Waals surface area contributed by atoms with Gasteiger partial charge in [-0.2, -0.15) is 13.2 Å². The Kier molecular flexibility index (Phi) is 6.26. The fourth-order valence-electron chi connectivity index (χ4n) is 1.11. The quantitative estimate of drug-likeness (QED) is 0.614. The van der Waals surface area contributed by atoms with E-state index in [0.29, 0.717) is 0 Å². The van der Waals surface area contributed by atoms with E-state index in [-0.39, 0.29) is 0 Å². The van der Waals surface area contributed by atoms with Gasteiger partial charge >= 0.3 is 12.1 Å². The summed E-state index contributed by atoms with van der Waals surface area (Å²) in [4.78, 5) is 8.90. The Labute approximate surface area is 85.8 Å². The maximum absolute atomic E-state index is 10.6. The lowest BCUT2D eigenvalue weighted by molar-refractivity contribution is -0.192. The van der Waals surface area contributed by atoms with Crippen LogP contribution in [0.2, 0.25) is 0 Å². The van der Waals surface area contributed by atoms with E-state index >= 15 is 0 Å². The third-order valence-corrected chi connectivity index (χ3v) is 1.99. The van der Waals surface area contributed by atoms with Crippen LogP contribution in [0.4, 0.5) is 13.2 Å². The molecule has 1 aliphatic heterocycles. The Morgan fingerprint density at radius 1 is 1.40 bits per heavy atom. The molecule has 0 spiro atoms. The molecule has 0 aromatic carbocycles. The van der Waals surface area contributed by atoms with Crippen LogP contribution in [0.15, 0.2) is 0 Å². The highest BCUT2D eigenvalue weighted by Crippen LogP contribution is 2.13. The predicted octanol–water partition coefficient (Wildman–Crippen LogP) is 0.591. The number of piperidine rings is 1. The number of rotatable bonds is 1. The second-order valence-corrected chi connectivity index (χ2v) is 3.12. The van der Waals surface area contributed by atoms with Gasteiger partial charge in [-0.05, 0) is 33.0 Å². The Morgan fingerprint density at radius 2 is 1.80 bits per heavy atom. The van der Waals surface area contributed by atoms with Crippen molar-refractivity contribution in [3.63, 3.8) is 0 Å². The van der Waals surface area contributed by atoms with Crippen LogP contribution in [-0.4, -0.2) is 43.4 Å². The molecule has 0 saturated carbocycles. The number of alkyl halides is 3. The average Bonchev–Trinajstić information content (AvgIpc) is 2.18. The van der Waals surface area contributed by atoms with Gasteiger partial charge in [0.1, 0.15) is 0 Å². The molecular weight excluding hydrogens is 213 g/mol. The summed E-state index contributed by atoms with van der Waals surface area (Å²) in [6.45, 7) is 2.37. The fraction of sp³-hybridized carbons (Fsp3) is 0.875. The zero-order chi connectivity index (χ0) is 11.9. The summed E-state index contributed by atoms with van der Waals surface area (Å²) in [7, 11) is 2.04. The van der Waals surface area contributed by atoms with Gasteiger partial charge in [0.15, 0.2) is 0 Å². The van der Waals surface area contributed by atoms with E-state index in [1.54, 1.807) is 0 Å². The van der Waals surface area contributed by atoms with Gasteiger partial charge in [0.25, 0.3) is 0 Å². The molecule has 0 atom stereocenters. The monoisotopic (exact) mass is 228 g/mol.